The zero-order valence-corrected chi connectivity index (χ0v) is 9.18. The lowest BCUT2D eigenvalue weighted by Crippen LogP contribution is -2.22. The number of nitrogens with zero attached hydrogens (tertiary/aromatic N) is 1. The molecule has 0 unspecified atom stereocenters. The van der Waals surface area contributed by atoms with Crippen LogP contribution >= 0.6 is 0 Å². The highest BCUT2D eigenvalue weighted by Gasteiger charge is 2.24. The van der Waals surface area contributed by atoms with Crippen LogP contribution in [0.4, 0.5) is 0 Å². The van der Waals surface area contributed by atoms with Crippen molar-refractivity contribution in [3.8, 4) is 0 Å². The van der Waals surface area contributed by atoms with E-state index in [0.717, 1.165) is 22.8 Å². The van der Waals surface area contributed by atoms with Gasteiger partial charge >= 0.3 is 0 Å². The van der Waals surface area contributed by atoms with Crippen molar-refractivity contribution in [2.45, 2.75) is 12.8 Å². The zero-order chi connectivity index (χ0) is 11.8. The van der Waals surface area contributed by atoms with Crippen molar-refractivity contribution in [2.75, 3.05) is 0 Å². The maximum atomic E-state index is 12.0. The topological polar surface area (TPSA) is 49.7 Å². The van der Waals surface area contributed by atoms with Gasteiger partial charge in [0.2, 0.25) is 5.78 Å². The summed E-state index contributed by atoms with van der Waals surface area (Å²) < 4.78 is 0. The Balaban J connectivity index is 2.30. The molecule has 0 bridgehead atoms. The monoisotopic (exact) mass is 225 g/mol. The molecule has 0 saturated heterocycles. The van der Waals surface area contributed by atoms with E-state index in [9.17, 15) is 4.79 Å². The summed E-state index contributed by atoms with van der Waals surface area (Å²) in [6.45, 7) is 0. The predicted molar refractivity (Wildman–Crippen MR) is 65.8 cm³/mol. The van der Waals surface area contributed by atoms with Gasteiger partial charge in [-0.1, -0.05) is 41.6 Å². The molecule has 0 heterocycles. The van der Waals surface area contributed by atoms with Crippen molar-refractivity contribution < 1.29 is 10.0 Å². The van der Waals surface area contributed by atoms with Gasteiger partial charge in [-0.3, -0.25) is 4.79 Å². The van der Waals surface area contributed by atoms with Crippen LogP contribution in [0.15, 0.2) is 41.6 Å². The molecular weight excluding hydrogens is 214 g/mol. The van der Waals surface area contributed by atoms with Crippen LogP contribution in [0, 0.1) is 0 Å². The normalized spacial score (nSPS) is 17.4. The van der Waals surface area contributed by atoms with Crippen LogP contribution in [0.2, 0.25) is 0 Å². The van der Waals surface area contributed by atoms with Crippen LogP contribution in [0.5, 0.6) is 0 Å². The molecule has 3 heteroatoms. The Morgan fingerprint density at radius 3 is 2.71 bits per heavy atom. The third-order valence-electron chi connectivity index (χ3n) is 3.28. The first kappa shape index (κ1) is 10.0. The second-order valence-electron chi connectivity index (χ2n) is 4.19. The summed E-state index contributed by atoms with van der Waals surface area (Å²) in [6.07, 6.45) is 1.26. The third kappa shape index (κ3) is 1.43. The van der Waals surface area contributed by atoms with Gasteiger partial charge in [-0.05, 0) is 22.8 Å². The lowest BCUT2D eigenvalue weighted by molar-refractivity contribution is 0.105. The third-order valence-corrected chi connectivity index (χ3v) is 3.28. The molecule has 2 aromatic carbocycles. The Kier molecular flexibility index (Phi) is 2.18. The first-order valence-electron chi connectivity index (χ1n) is 5.57. The standard InChI is InChI=1S/C14H11NO2/c16-14-12-6-5-9-3-1-2-4-10(9)11(12)7-8-13(14)15-17/h1-6,17H,7-8H2/b15-13+. The molecule has 1 aliphatic carbocycles. The minimum Gasteiger partial charge on any atom is -0.411 e. The van der Waals surface area contributed by atoms with E-state index >= 15 is 0 Å². The number of Topliss-reactive ketones (excluding diaryl/α,β-unsaturated/α-hetero) is 1. The smallest absolute Gasteiger partial charge is 0.210 e. The number of hydrogen-bond donors (Lipinski definition) is 1. The fourth-order valence-electron chi connectivity index (χ4n) is 2.43. The number of aryl methyl sites for hydroxylation is 1. The molecule has 1 N–H and O–H groups in total. The lowest BCUT2D eigenvalue weighted by atomic mass is 9.86. The average Bonchev–Trinajstić information content (AvgIpc) is 2.39. The number of hydrogen-bond acceptors (Lipinski definition) is 3. The van der Waals surface area contributed by atoms with Crippen molar-refractivity contribution in [3.63, 3.8) is 0 Å². The highest BCUT2D eigenvalue weighted by Crippen LogP contribution is 2.28. The SMILES string of the molecule is O=C1/C(=N/O)CCc2c1ccc1ccccc21. The molecule has 0 aliphatic heterocycles. The largest absolute Gasteiger partial charge is 0.411 e. The molecule has 0 atom stereocenters. The molecule has 3 nitrogen and oxygen atoms in total. The van der Waals surface area contributed by atoms with Crippen LogP contribution in [0.25, 0.3) is 10.8 Å². The highest BCUT2D eigenvalue weighted by atomic mass is 16.4. The Labute approximate surface area is 98.4 Å². The van der Waals surface area contributed by atoms with Gasteiger partial charge in [-0.25, -0.2) is 0 Å². The molecule has 0 aromatic heterocycles. The van der Waals surface area contributed by atoms with E-state index in [2.05, 4.69) is 5.16 Å². The number of oxime groups is 1. The summed E-state index contributed by atoms with van der Waals surface area (Å²) in [5.41, 5.74) is 2.00. The summed E-state index contributed by atoms with van der Waals surface area (Å²) in [6, 6.07) is 11.8. The van der Waals surface area contributed by atoms with Crippen molar-refractivity contribution in [2.24, 2.45) is 5.16 Å². The fraction of sp³-hybridized carbons (Fsp3) is 0.143. The maximum absolute atomic E-state index is 12.0. The van der Waals surface area contributed by atoms with Gasteiger partial charge in [-0.2, -0.15) is 0 Å². The van der Waals surface area contributed by atoms with Crippen LogP contribution in [0.1, 0.15) is 22.3 Å². The van der Waals surface area contributed by atoms with Crippen molar-refractivity contribution >= 4 is 22.3 Å². The van der Waals surface area contributed by atoms with Gasteiger partial charge in [0.25, 0.3) is 0 Å². The summed E-state index contributed by atoms with van der Waals surface area (Å²) in [5, 5.41) is 14.1. The van der Waals surface area contributed by atoms with E-state index < -0.39 is 0 Å². The van der Waals surface area contributed by atoms with Gasteiger partial charge < -0.3 is 5.21 Å². The van der Waals surface area contributed by atoms with Gasteiger partial charge in [0.15, 0.2) is 0 Å². The molecule has 0 amide bonds. The zero-order valence-electron chi connectivity index (χ0n) is 9.18. The van der Waals surface area contributed by atoms with Crippen LogP contribution in [-0.4, -0.2) is 16.7 Å². The molecule has 3 rings (SSSR count). The number of fused-ring (bicyclic) bond motifs is 3. The number of rotatable bonds is 0. The van der Waals surface area contributed by atoms with Gasteiger partial charge in [0.05, 0.1) is 0 Å². The molecule has 84 valence electrons. The molecule has 0 saturated carbocycles. The van der Waals surface area contributed by atoms with E-state index in [1.807, 2.05) is 36.4 Å². The summed E-state index contributed by atoms with van der Waals surface area (Å²) in [7, 11) is 0. The van der Waals surface area contributed by atoms with E-state index in [4.69, 9.17) is 5.21 Å². The Hall–Kier alpha value is -2.16. The fourth-order valence-corrected chi connectivity index (χ4v) is 2.43. The summed E-state index contributed by atoms with van der Waals surface area (Å²) in [4.78, 5) is 12.0. The second-order valence-corrected chi connectivity index (χ2v) is 4.19. The average molecular weight is 225 g/mol. The highest BCUT2D eigenvalue weighted by molar-refractivity contribution is 6.47. The quantitative estimate of drug-likeness (QED) is 0.553. The lowest BCUT2D eigenvalue weighted by Gasteiger charge is -2.17. The molecule has 0 fully saturated rings. The Morgan fingerprint density at radius 1 is 1.06 bits per heavy atom. The molecule has 1 aliphatic rings. The first-order valence-corrected chi connectivity index (χ1v) is 5.57. The number of ketones is 1. The predicted octanol–water partition coefficient (Wildman–Crippen LogP) is 2.80. The van der Waals surface area contributed by atoms with E-state index in [0.29, 0.717) is 12.0 Å². The minimum absolute atomic E-state index is 0.153. The molecular formula is C14H11NO2. The van der Waals surface area contributed by atoms with E-state index in [1.165, 1.54) is 0 Å². The summed E-state index contributed by atoms with van der Waals surface area (Å²) >= 11 is 0. The summed E-state index contributed by atoms with van der Waals surface area (Å²) in [5.74, 6) is -0.153. The molecule has 0 radical (unpaired) electrons. The van der Waals surface area contributed by atoms with E-state index in [1.54, 1.807) is 0 Å². The van der Waals surface area contributed by atoms with Crippen LogP contribution in [-0.2, 0) is 6.42 Å². The first-order chi connectivity index (χ1) is 8.31. The molecule has 0 spiro atoms. The van der Waals surface area contributed by atoms with Crippen molar-refractivity contribution in [1.82, 2.24) is 0 Å². The van der Waals surface area contributed by atoms with Crippen LogP contribution in [0.3, 0.4) is 0 Å². The number of carbonyl (C=O) groups is 1. The van der Waals surface area contributed by atoms with Crippen molar-refractivity contribution in [3.05, 3.63) is 47.5 Å². The Bertz CT molecular complexity index is 644. The van der Waals surface area contributed by atoms with Crippen molar-refractivity contribution in [1.29, 1.82) is 0 Å². The molecule has 17 heavy (non-hydrogen) atoms. The van der Waals surface area contributed by atoms with E-state index in [-0.39, 0.29) is 11.5 Å². The minimum atomic E-state index is -0.153. The number of carbonyl (C=O) groups excluding carboxylic acids is 1. The Morgan fingerprint density at radius 2 is 1.88 bits per heavy atom. The van der Waals surface area contributed by atoms with Gasteiger partial charge in [-0.15, -0.1) is 0 Å². The second kappa shape index (κ2) is 3.70. The van der Waals surface area contributed by atoms with Gasteiger partial charge in [0.1, 0.15) is 5.71 Å². The maximum Gasteiger partial charge on any atom is 0.210 e. The number of benzene rings is 2. The molecule has 2 aromatic rings. The van der Waals surface area contributed by atoms with Gasteiger partial charge in [0, 0.05) is 12.0 Å². The van der Waals surface area contributed by atoms with Crippen LogP contribution < -0.4 is 0 Å².